The number of hydrogen-bond donors (Lipinski definition) is 0. The Kier molecular flexibility index (Phi) is 2.44. The maximum absolute atomic E-state index is 10.7. The lowest BCUT2D eigenvalue weighted by atomic mass is 10.2. The van der Waals surface area contributed by atoms with Crippen LogP contribution in [0.5, 0.6) is 0 Å². The normalized spacial score (nSPS) is 15.9. The summed E-state index contributed by atoms with van der Waals surface area (Å²) in [4.78, 5) is 10.7. The molecule has 1 heterocycles. The van der Waals surface area contributed by atoms with Crippen LogP contribution in [0.2, 0.25) is 0 Å². The molecule has 1 aliphatic rings. The summed E-state index contributed by atoms with van der Waals surface area (Å²) >= 11 is 0. The predicted molar refractivity (Wildman–Crippen MR) is 56.6 cm³/mol. The molecular formula is C12H17NO. The molecule has 2 nitrogen and oxygen atoms in total. The highest BCUT2D eigenvalue weighted by molar-refractivity contribution is 5.77. The Morgan fingerprint density at radius 2 is 2.21 bits per heavy atom. The fraction of sp³-hybridized carbons (Fsp3) is 0.583. The molecule has 1 aromatic rings. The summed E-state index contributed by atoms with van der Waals surface area (Å²) in [5.41, 5.74) is 3.18. The monoisotopic (exact) mass is 191 g/mol. The van der Waals surface area contributed by atoms with Gasteiger partial charge in [-0.2, -0.15) is 0 Å². The first-order chi connectivity index (χ1) is 6.72. The summed E-state index contributed by atoms with van der Waals surface area (Å²) < 4.78 is 2.27. The molecule has 2 rings (SSSR count). The third kappa shape index (κ3) is 1.74. The molecule has 1 aromatic heterocycles. The predicted octanol–water partition coefficient (Wildman–Crippen LogP) is 2.72. The number of carbonyl (C=O) groups is 1. The third-order valence-electron chi connectivity index (χ3n) is 3.20. The lowest BCUT2D eigenvalue weighted by Crippen LogP contribution is -2.03. The zero-order valence-corrected chi connectivity index (χ0v) is 8.92. The average Bonchev–Trinajstić information content (AvgIpc) is 2.93. The van der Waals surface area contributed by atoms with Crippen LogP contribution in [0, 0.1) is 19.8 Å². The number of hydrogen-bond acceptors (Lipinski definition) is 1. The maximum Gasteiger partial charge on any atom is 0.151 e. The number of carbonyl (C=O) groups excluding carboxylic acids is 1. The van der Waals surface area contributed by atoms with Crippen molar-refractivity contribution in [1.82, 2.24) is 4.57 Å². The van der Waals surface area contributed by atoms with Crippen molar-refractivity contribution >= 4 is 6.29 Å². The Hall–Kier alpha value is -1.05. The Bertz CT molecular complexity index is 347. The SMILES string of the molecule is Cc1cc(C=O)c(C)n1CCC1CC1. The minimum absolute atomic E-state index is 0.846. The van der Waals surface area contributed by atoms with Crippen molar-refractivity contribution in [2.45, 2.75) is 39.7 Å². The number of aryl methyl sites for hydroxylation is 1. The second-order valence-electron chi connectivity index (χ2n) is 4.33. The Morgan fingerprint density at radius 3 is 2.71 bits per heavy atom. The topological polar surface area (TPSA) is 22.0 Å². The highest BCUT2D eigenvalue weighted by Crippen LogP contribution is 2.33. The molecule has 0 radical (unpaired) electrons. The van der Waals surface area contributed by atoms with Gasteiger partial charge in [0.2, 0.25) is 0 Å². The van der Waals surface area contributed by atoms with Gasteiger partial charge in [0.1, 0.15) is 0 Å². The first kappa shape index (κ1) is 9.50. The van der Waals surface area contributed by atoms with Gasteiger partial charge in [0.15, 0.2) is 6.29 Å². The van der Waals surface area contributed by atoms with Crippen molar-refractivity contribution in [3.05, 3.63) is 23.0 Å². The lowest BCUT2D eigenvalue weighted by molar-refractivity contribution is 0.112. The number of aldehydes is 1. The molecule has 0 amide bonds. The van der Waals surface area contributed by atoms with Gasteiger partial charge in [0.05, 0.1) is 0 Å². The zero-order valence-electron chi connectivity index (χ0n) is 8.92. The van der Waals surface area contributed by atoms with E-state index in [1.165, 1.54) is 25.0 Å². The van der Waals surface area contributed by atoms with E-state index < -0.39 is 0 Å². The van der Waals surface area contributed by atoms with Crippen molar-refractivity contribution in [2.75, 3.05) is 0 Å². The van der Waals surface area contributed by atoms with Crippen LogP contribution in [0.15, 0.2) is 6.07 Å². The first-order valence-electron chi connectivity index (χ1n) is 5.34. The second kappa shape index (κ2) is 3.60. The van der Waals surface area contributed by atoms with E-state index in [-0.39, 0.29) is 0 Å². The van der Waals surface area contributed by atoms with Crippen LogP contribution in [0.1, 0.15) is 41.0 Å². The van der Waals surface area contributed by atoms with Gasteiger partial charge in [-0.15, -0.1) is 0 Å². The Morgan fingerprint density at radius 1 is 1.50 bits per heavy atom. The third-order valence-corrected chi connectivity index (χ3v) is 3.20. The number of rotatable bonds is 4. The highest BCUT2D eigenvalue weighted by Gasteiger charge is 2.21. The molecule has 0 aromatic carbocycles. The highest BCUT2D eigenvalue weighted by atomic mass is 16.1. The van der Waals surface area contributed by atoms with E-state index in [0.29, 0.717) is 0 Å². The van der Waals surface area contributed by atoms with Crippen LogP contribution in [-0.2, 0) is 6.54 Å². The van der Waals surface area contributed by atoms with Crippen LogP contribution in [-0.4, -0.2) is 10.9 Å². The molecule has 76 valence electrons. The Labute approximate surface area is 84.9 Å². The van der Waals surface area contributed by atoms with Crippen LogP contribution in [0.4, 0.5) is 0 Å². The fourth-order valence-corrected chi connectivity index (χ4v) is 2.01. The molecular weight excluding hydrogens is 174 g/mol. The van der Waals surface area contributed by atoms with Gasteiger partial charge in [0.25, 0.3) is 0 Å². The average molecular weight is 191 g/mol. The van der Waals surface area contributed by atoms with Crippen LogP contribution < -0.4 is 0 Å². The molecule has 0 atom stereocenters. The Balaban J connectivity index is 2.13. The largest absolute Gasteiger partial charge is 0.348 e. The van der Waals surface area contributed by atoms with E-state index >= 15 is 0 Å². The van der Waals surface area contributed by atoms with E-state index in [1.54, 1.807) is 0 Å². The standard InChI is InChI=1S/C12H17NO/c1-9-7-12(8-14)10(2)13(9)6-5-11-3-4-11/h7-8,11H,3-6H2,1-2H3. The van der Waals surface area contributed by atoms with Crippen molar-refractivity contribution in [3.63, 3.8) is 0 Å². The molecule has 2 heteroatoms. The van der Waals surface area contributed by atoms with E-state index in [9.17, 15) is 4.79 Å². The van der Waals surface area contributed by atoms with Gasteiger partial charge in [0, 0.05) is 23.5 Å². The van der Waals surface area contributed by atoms with Gasteiger partial charge in [-0.3, -0.25) is 4.79 Å². The van der Waals surface area contributed by atoms with Gasteiger partial charge in [-0.1, -0.05) is 12.8 Å². The number of aromatic nitrogens is 1. The van der Waals surface area contributed by atoms with Gasteiger partial charge in [-0.05, 0) is 32.3 Å². The van der Waals surface area contributed by atoms with Crippen molar-refractivity contribution in [1.29, 1.82) is 0 Å². The minimum Gasteiger partial charge on any atom is -0.348 e. The molecule has 1 saturated carbocycles. The van der Waals surface area contributed by atoms with Gasteiger partial charge >= 0.3 is 0 Å². The second-order valence-corrected chi connectivity index (χ2v) is 4.33. The van der Waals surface area contributed by atoms with E-state index in [4.69, 9.17) is 0 Å². The molecule has 1 fully saturated rings. The summed E-state index contributed by atoms with van der Waals surface area (Å²) in [5.74, 6) is 0.955. The lowest BCUT2D eigenvalue weighted by Gasteiger charge is -2.08. The molecule has 0 N–H and O–H groups in total. The summed E-state index contributed by atoms with van der Waals surface area (Å²) in [6.07, 6.45) is 5.03. The van der Waals surface area contributed by atoms with Crippen molar-refractivity contribution in [3.8, 4) is 0 Å². The maximum atomic E-state index is 10.7. The first-order valence-corrected chi connectivity index (χ1v) is 5.34. The molecule has 0 bridgehead atoms. The van der Waals surface area contributed by atoms with Crippen LogP contribution in [0.25, 0.3) is 0 Å². The minimum atomic E-state index is 0.846. The summed E-state index contributed by atoms with van der Waals surface area (Å²) in [5, 5.41) is 0. The van der Waals surface area contributed by atoms with Crippen molar-refractivity contribution in [2.24, 2.45) is 5.92 Å². The molecule has 1 aliphatic carbocycles. The molecule has 0 aliphatic heterocycles. The smallest absolute Gasteiger partial charge is 0.151 e. The van der Waals surface area contributed by atoms with E-state index in [0.717, 1.165) is 30.0 Å². The summed E-state index contributed by atoms with van der Waals surface area (Å²) in [6, 6.07) is 1.98. The van der Waals surface area contributed by atoms with Gasteiger partial charge in [-0.25, -0.2) is 0 Å². The number of nitrogens with zero attached hydrogens (tertiary/aromatic N) is 1. The molecule has 0 unspecified atom stereocenters. The fourth-order valence-electron chi connectivity index (χ4n) is 2.01. The van der Waals surface area contributed by atoms with E-state index in [2.05, 4.69) is 11.5 Å². The quantitative estimate of drug-likeness (QED) is 0.671. The van der Waals surface area contributed by atoms with Crippen LogP contribution >= 0.6 is 0 Å². The zero-order chi connectivity index (χ0) is 10.1. The molecule has 0 saturated heterocycles. The molecule has 0 spiro atoms. The molecule has 14 heavy (non-hydrogen) atoms. The van der Waals surface area contributed by atoms with E-state index in [1.807, 2.05) is 13.0 Å². The summed E-state index contributed by atoms with van der Waals surface area (Å²) in [7, 11) is 0. The van der Waals surface area contributed by atoms with Crippen molar-refractivity contribution < 1.29 is 4.79 Å². The van der Waals surface area contributed by atoms with Gasteiger partial charge < -0.3 is 4.57 Å². The summed E-state index contributed by atoms with van der Waals surface area (Å²) in [6.45, 7) is 5.19. The van der Waals surface area contributed by atoms with Crippen LogP contribution in [0.3, 0.4) is 0 Å².